The summed E-state index contributed by atoms with van der Waals surface area (Å²) in [6.07, 6.45) is -3.83. The van der Waals surface area contributed by atoms with Crippen molar-refractivity contribution in [3.8, 4) is 0 Å². The summed E-state index contributed by atoms with van der Waals surface area (Å²) >= 11 is 3.33. The van der Waals surface area contributed by atoms with Crippen LogP contribution in [0.15, 0.2) is 46.9 Å². The van der Waals surface area contributed by atoms with Crippen LogP contribution >= 0.6 is 15.9 Å². The predicted octanol–water partition coefficient (Wildman–Crippen LogP) is 5.57. The number of aliphatic carboxylic acids is 1. The van der Waals surface area contributed by atoms with Crippen LogP contribution in [0, 0.1) is 23.6 Å². The Balaban J connectivity index is 1.63. The number of ether oxygens (including phenoxy) is 2. The molecule has 0 unspecified atom stereocenters. The summed E-state index contributed by atoms with van der Waals surface area (Å²) in [5, 5.41) is 23.9. The second kappa shape index (κ2) is 11.9. The number of rotatable bonds is 7. The Bertz CT molecular complexity index is 1190. The van der Waals surface area contributed by atoms with Crippen LogP contribution in [-0.2, 0) is 25.2 Å². The SMILES string of the molecule is O=C(O)[C@@H]1[C@@H](C(=O)Nc2ccc(C(F)(F)F)cc2F)C[C@](O)(OCC2CCOCC2)C[C@H]1c1ccc(Br)cc1. The van der Waals surface area contributed by atoms with E-state index >= 15 is 0 Å². The first-order valence-electron chi connectivity index (χ1n) is 12.5. The number of nitrogens with one attached hydrogen (secondary N) is 1. The van der Waals surface area contributed by atoms with E-state index in [0.717, 1.165) is 23.4 Å². The average molecular weight is 618 g/mol. The molecule has 4 atom stereocenters. The third-order valence-corrected chi connectivity index (χ3v) is 7.88. The normalized spacial score (nSPS) is 26.3. The summed E-state index contributed by atoms with van der Waals surface area (Å²) in [6.45, 7) is 1.28. The van der Waals surface area contributed by atoms with Crippen molar-refractivity contribution in [2.75, 3.05) is 25.1 Å². The van der Waals surface area contributed by atoms with E-state index in [2.05, 4.69) is 21.2 Å². The summed E-state index contributed by atoms with van der Waals surface area (Å²) in [7, 11) is 0. The average Bonchev–Trinajstić information content (AvgIpc) is 2.88. The first-order valence-corrected chi connectivity index (χ1v) is 13.3. The number of carboxylic acid groups (broad SMARTS) is 1. The van der Waals surface area contributed by atoms with Gasteiger partial charge in [0.05, 0.1) is 29.7 Å². The van der Waals surface area contributed by atoms with Crippen molar-refractivity contribution in [2.45, 2.75) is 43.6 Å². The van der Waals surface area contributed by atoms with Crippen LogP contribution in [0.1, 0.15) is 42.7 Å². The summed E-state index contributed by atoms with van der Waals surface area (Å²) in [4.78, 5) is 25.9. The summed E-state index contributed by atoms with van der Waals surface area (Å²) < 4.78 is 65.4. The highest BCUT2D eigenvalue weighted by Gasteiger charge is 2.52. The third-order valence-electron chi connectivity index (χ3n) is 7.35. The van der Waals surface area contributed by atoms with Crippen molar-refractivity contribution in [1.82, 2.24) is 0 Å². The van der Waals surface area contributed by atoms with Gasteiger partial charge in [-0.15, -0.1) is 0 Å². The lowest BCUT2D eigenvalue weighted by Gasteiger charge is -2.44. The van der Waals surface area contributed by atoms with Crippen LogP contribution in [0.2, 0.25) is 0 Å². The molecule has 2 aromatic carbocycles. The molecule has 4 rings (SSSR count). The number of anilines is 1. The molecule has 1 amide bonds. The molecule has 7 nitrogen and oxygen atoms in total. The molecule has 2 aromatic rings. The van der Waals surface area contributed by atoms with E-state index in [4.69, 9.17) is 9.47 Å². The van der Waals surface area contributed by atoms with Gasteiger partial charge >= 0.3 is 12.1 Å². The van der Waals surface area contributed by atoms with Gasteiger partial charge in [0.15, 0.2) is 5.79 Å². The van der Waals surface area contributed by atoms with E-state index < -0.39 is 65.1 Å². The van der Waals surface area contributed by atoms with Gasteiger partial charge in [-0.2, -0.15) is 13.2 Å². The first-order chi connectivity index (χ1) is 18.4. The van der Waals surface area contributed by atoms with Crippen molar-refractivity contribution in [3.63, 3.8) is 0 Å². The molecule has 1 heterocycles. The fraction of sp³-hybridized carbons (Fsp3) is 0.481. The molecule has 1 saturated heterocycles. The zero-order valence-corrected chi connectivity index (χ0v) is 22.3. The highest BCUT2D eigenvalue weighted by Crippen LogP contribution is 2.47. The Labute approximate surface area is 230 Å². The molecule has 3 N–H and O–H groups in total. The number of aliphatic hydroxyl groups is 1. The van der Waals surface area contributed by atoms with Crippen LogP contribution in [0.4, 0.5) is 23.2 Å². The molecule has 39 heavy (non-hydrogen) atoms. The van der Waals surface area contributed by atoms with Crippen molar-refractivity contribution in [1.29, 1.82) is 0 Å². The van der Waals surface area contributed by atoms with Crippen LogP contribution < -0.4 is 5.32 Å². The van der Waals surface area contributed by atoms with Gasteiger partial charge in [-0.1, -0.05) is 28.1 Å². The van der Waals surface area contributed by atoms with Gasteiger partial charge in [0.1, 0.15) is 5.82 Å². The molecule has 1 aliphatic carbocycles. The van der Waals surface area contributed by atoms with Crippen LogP contribution in [0.3, 0.4) is 0 Å². The molecule has 0 aromatic heterocycles. The number of hydrogen-bond acceptors (Lipinski definition) is 5. The Morgan fingerprint density at radius 2 is 1.77 bits per heavy atom. The molecular formula is C27H28BrF4NO6. The second-order valence-electron chi connectivity index (χ2n) is 10.0. The maximum Gasteiger partial charge on any atom is 0.416 e. The van der Waals surface area contributed by atoms with Crippen molar-refractivity contribution in [3.05, 3.63) is 63.9 Å². The lowest BCUT2D eigenvalue weighted by atomic mass is 9.66. The minimum atomic E-state index is -4.78. The maximum absolute atomic E-state index is 14.5. The number of hydrogen-bond donors (Lipinski definition) is 3. The van der Waals surface area contributed by atoms with Crippen molar-refractivity contribution in [2.24, 2.45) is 17.8 Å². The number of amides is 1. The van der Waals surface area contributed by atoms with E-state index in [-0.39, 0.29) is 25.0 Å². The van der Waals surface area contributed by atoms with E-state index in [1.54, 1.807) is 24.3 Å². The van der Waals surface area contributed by atoms with Crippen LogP contribution in [0.5, 0.6) is 0 Å². The molecule has 2 aliphatic rings. The zero-order chi connectivity index (χ0) is 28.4. The van der Waals surface area contributed by atoms with Gasteiger partial charge in [-0.05, 0) is 54.7 Å². The number of carbonyl (C=O) groups excluding carboxylic acids is 1. The standard InChI is InChI=1S/C27H28BrF4NO6/c28-18-4-1-16(2-5-18)19-12-26(37,39-14-15-7-9-38-10-8-15)13-20(23(19)25(35)36)24(34)33-22-6-3-17(11-21(22)29)27(30,31)32/h1-6,11,15,19-20,23,37H,7-10,12-14H2,(H,33,34)(H,35,36)/t19-,20-,23-,26+/m0/s1. The fourth-order valence-corrected chi connectivity index (χ4v) is 5.53. The number of carbonyl (C=O) groups is 2. The molecule has 1 saturated carbocycles. The quantitative estimate of drug-likeness (QED) is 0.277. The highest BCUT2D eigenvalue weighted by atomic mass is 79.9. The molecule has 0 radical (unpaired) electrons. The van der Waals surface area contributed by atoms with E-state index in [9.17, 15) is 37.4 Å². The molecular weight excluding hydrogens is 590 g/mol. The number of halogens is 5. The molecule has 0 bridgehead atoms. The highest BCUT2D eigenvalue weighted by molar-refractivity contribution is 9.10. The topological polar surface area (TPSA) is 105 Å². The van der Waals surface area contributed by atoms with E-state index in [0.29, 0.717) is 24.8 Å². The molecule has 2 fully saturated rings. The van der Waals surface area contributed by atoms with E-state index in [1.807, 2.05) is 0 Å². The molecule has 1 aliphatic heterocycles. The first kappa shape index (κ1) is 29.4. The van der Waals surface area contributed by atoms with Gasteiger partial charge in [0, 0.05) is 36.4 Å². The lowest BCUT2D eigenvalue weighted by molar-refractivity contribution is -0.245. The summed E-state index contributed by atoms with van der Waals surface area (Å²) in [5.41, 5.74) is -1.21. The molecule has 12 heteroatoms. The smallest absolute Gasteiger partial charge is 0.416 e. The van der Waals surface area contributed by atoms with Crippen LogP contribution in [0.25, 0.3) is 0 Å². The summed E-state index contributed by atoms with van der Waals surface area (Å²) in [6, 6.07) is 8.41. The van der Waals surface area contributed by atoms with Gasteiger partial charge in [0.25, 0.3) is 0 Å². The Morgan fingerprint density at radius 1 is 1.10 bits per heavy atom. The Kier molecular flexibility index (Phi) is 8.99. The predicted molar refractivity (Wildman–Crippen MR) is 135 cm³/mol. The minimum absolute atomic E-state index is 0.104. The monoisotopic (exact) mass is 617 g/mol. The van der Waals surface area contributed by atoms with Gasteiger partial charge in [-0.25, -0.2) is 4.39 Å². The number of alkyl halides is 3. The molecule has 212 valence electrons. The third kappa shape index (κ3) is 7.16. The molecule has 0 spiro atoms. The van der Waals surface area contributed by atoms with Gasteiger partial charge < -0.3 is 25.0 Å². The largest absolute Gasteiger partial charge is 0.481 e. The van der Waals surface area contributed by atoms with Gasteiger partial charge in [-0.3, -0.25) is 9.59 Å². The number of benzene rings is 2. The van der Waals surface area contributed by atoms with Gasteiger partial charge in [0.2, 0.25) is 5.91 Å². The lowest BCUT2D eigenvalue weighted by Crippen LogP contribution is -2.51. The van der Waals surface area contributed by atoms with Crippen molar-refractivity contribution < 1.29 is 46.8 Å². The Morgan fingerprint density at radius 3 is 2.36 bits per heavy atom. The minimum Gasteiger partial charge on any atom is -0.481 e. The Hall–Kier alpha value is -2.54. The number of carboxylic acids is 1. The van der Waals surface area contributed by atoms with Crippen molar-refractivity contribution >= 4 is 33.5 Å². The maximum atomic E-state index is 14.5. The zero-order valence-electron chi connectivity index (χ0n) is 20.7. The van der Waals surface area contributed by atoms with Crippen LogP contribution in [-0.4, -0.2) is 47.7 Å². The second-order valence-corrected chi connectivity index (χ2v) is 10.9. The fourth-order valence-electron chi connectivity index (χ4n) is 5.26. The summed E-state index contributed by atoms with van der Waals surface area (Å²) in [5.74, 6) is -8.89. The van der Waals surface area contributed by atoms with E-state index in [1.165, 1.54) is 0 Å².